The number of Topliss-reactive ketones (excluding diaryl/α,β-unsaturated/α-hetero) is 1. The largest absolute Gasteiger partial charge is 0.298 e. The van der Waals surface area contributed by atoms with Gasteiger partial charge in [-0.05, 0) is 25.8 Å². The van der Waals surface area contributed by atoms with Crippen molar-refractivity contribution in [3.8, 4) is 0 Å². The zero-order valence-electron chi connectivity index (χ0n) is 9.00. The molecule has 2 aliphatic rings. The first kappa shape index (κ1) is 10.2. The molecule has 0 radical (unpaired) electrons. The van der Waals surface area contributed by atoms with Crippen LogP contribution in [0.4, 0.5) is 0 Å². The van der Waals surface area contributed by atoms with Crippen molar-refractivity contribution in [1.29, 1.82) is 0 Å². The molecule has 0 N–H and O–H groups in total. The van der Waals surface area contributed by atoms with Gasteiger partial charge in [0.25, 0.3) is 0 Å². The fourth-order valence-corrected chi connectivity index (χ4v) is 2.80. The Hall–Kier alpha value is -0.370. The highest BCUT2D eigenvalue weighted by Crippen LogP contribution is 2.23. The van der Waals surface area contributed by atoms with Crippen LogP contribution in [0, 0.1) is 0 Å². The minimum Gasteiger partial charge on any atom is -0.298 e. The Balaban J connectivity index is 1.88. The molecule has 2 heteroatoms. The molecule has 14 heavy (non-hydrogen) atoms. The lowest BCUT2D eigenvalue weighted by Gasteiger charge is -2.33. The molecule has 0 amide bonds. The van der Waals surface area contributed by atoms with E-state index in [1.165, 1.54) is 38.5 Å². The molecule has 1 saturated heterocycles. The number of ketones is 1. The summed E-state index contributed by atoms with van der Waals surface area (Å²) in [5.74, 6) is 0.459. The van der Waals surface area contributed by atoms with E-state index >= 15 is 0 Å². The molecule has 0 aromatic heterocycles. The van der Waals surface area contributed by atoms with Crippen LogP contribution < -0.4 is 0 Å². The van der Waals surface area contributed by atoms with Crippen molar-refractivity contribution in [3.63, 3.8) is 0 Å². The minimum absolute atomic E-state index is 0.459. The first-order valence-corrected chi connectivity index (χ1v) is 6.12. The number of carbonyl (C=O) groups is 1. The van der Waals surface area contributed by atoms with Crippen molar-refractivity contribution in [2.45, 2.75) is 57.4 Å². The van der Waals surface area contributed by atoms with Gasteiger partial charge in [0.2, 0.25) is 0 Å². The van der Waals surface area contributed by atoms with Crippen molar-refractivity contribution in [3.05, 3.63) is 0 Å². The van der Waals surface area contributed by atoms with Gasteiger partial charge >= 0.3 is 0 Å². The van der Waals surface area contributed by atoms with Crippen LogP contribution in [0.15, 0.2) is 0 Å². The number of rotatable bonds is 1. The second-order valence-electron chi connectivity index (χ2n) is 4.76. The van der Waals surface area contributed by atoms with E-state index in [-0.39, 0.29) is 0 Å². The first-order valence-electron chi connectivity index (χ1n) is 6.12. The van der Waals surface area contributed by atoms with Crippen LogP contribution in [0.1, 0.15) is 51.4 Å². The molecular formula is C12H21NO. The van der Waals surface area contributed by atoms with Crippen LogP contribution in [-0.2, 0) is 4.79 Å². The summed E-state index contributed by atoms with van der Waals surface area (Å²) in [6, 6.07) is 0.724. The Bertz CT molecular complexity index is 194. The van der Waals surface area contributed by atoms with E-state index < -0.39 is 0 Å². The average Bonchev–Trinajstić information content (AvgIpc) is 2.45. The van der Waals surface area contributed by atoms with E-state index in [0.717, 1.165) is 32.0 Å². The molecule has 1 aliphatic heterocycles. The Labute approximate surface area is 86.7 Å². The van der Waals surface area contributed by atoms with Gasteiger partial charge in [-0.25, -0.2) is 0 Å². The van der Waals surface area contributed by atoms with Gasteiger partial charge in [-0.2, -0.15) is 0 Å². The molecule has 0 spiro atoms. The van der Waals surface area contributed by atoms with E-state index in [2.05, 4.69) is 4.90 Å². The predicted octanol–water partition coefficient (Wildman–Crippen LogP) is 2.37. The summed E-state index contributed by atoms with van der Waals surface area (Å²) in [6.45, 7) is 1.90. The first-order chi connectivity index (χ1) is 6.86. The molecule has 0 aromatic rings. The standard InChI is InChI=1S/C12H21NO/c14-12-8-5-9-13(10-12)11-6-3-1-2-4-7-11/h11H,1-10H2. The third-order valence-corrected chi connectivity index (χ3v) is 3.62. The molecule has 1 saturated carbocycles. The third-order valence-electron chi connectivity index (χ3n) is 3.62. The molecule has 0 bridgehead atoms. The number of nitrogens with zero attached hydrogens (tertiary/aromatic N) is 1. The highest BCUT2D eigenvalue weighted by Gasteiger charge is 2.24. The second-order valence-corrected chi connectivity index (χ2v) is 4.76. The van der Waals surface area contributed by atoms with Crippen LogP contribution in [0.3, 0.4) is 0 Å². The summed E-state index contributed by atoms with van der Waals surface area (Å²) in [5.41, 5.74) is 0. The monoisotopic (exact) mass is 195 g/mol. The minimum atomic E-state index is 0.459. The lowest BCUT2D eigenvalue weighted by Crippen LogP contribution is -2.42. The van der Waals surface area contributed by atoms with E-state index in [4.69, 9.17) is 0 Å². The Kier molecular flexibility index (Phi) is 3.57. The molecule has 0 atom stereocenters. The topological polar surface area (TPSA) is 20.3 Å². The average molecular weight is 195 g/mol. The molecule has 1 aliphatic carbocycles. The molecule has 0 unspecified atom stereocenters. The van der Waals surface area contributed by atoms with E-state index in [9.17, 15) is 4.79 Å². The van der Waals surface area contributed by atoms with Crippen LogP contribution in [0.5, 0.6) is 0 Å². The normalized spacial score (nSPS) is 27.6. The fraction of sp³-hybridized carbons (Fsp3) is 0.917. The van der Waals surface area contributed by atoms with Crippen LogP contribution in [0.2, 0.25) is 0 Å². The van der Waals surface area contributed by atoms with Gasteiger partial charge in [0, 0.05) is 12.5 Å². The molecule has 2 fully saturated rings. The van der Waals surface area contributed by atoms with Gasteiger partial charge < -0.3 is 0 Å². The van der Waals surface area contributed by atoms with Gasteiger partial charge in [-0.15, -0.1) is 0 Å². The van der Waals surface area contributed by atoms with Crippen LogP contribution >= 0.6 is 0 Å². The van der Waals surface area contributed by atoms with Crippen molar-refractivity contribution in [2.24, 2.45) is 0 Å². The van der Waals surface area contributed by atoms with E-state index in [1.807, 2.05) is 0 Å². The number of hydrogen-bond donors (Lipinski definition) is 0. The highest BCUT2D eigenvalue weighted by atomic mass is 16.1. The van der Waals surface area contributed by atoms with Crippen LogP contribution in [0.25, 0.3) is 0 Å². The zero-order valence-corrected chi connectivity index (χ0v) is 9.00. The maximum Gasteiger partial charge on any atom is 0.146 e. The molecule has 80 valence electrons. The Morgan fingerprint density at radius 3 is 2.36 bits per heavy atom. The summed E-state index contributed by atoms with van der Waals surface area (Å²) in [6.07, 6.45) is 10.1. The third kappa shape index (κ3) is 2.57. The SMILES string of the molecule is O=C1CCCN(C2CCCCCC2)C1. The van der Waals surface area contributed by atoms with Crippen molar-refractivity contribution in [1.82, 2.24) is 4.90 Å². The fourth-order valence-electron chi connectivity index (χ4n) is 2.80. The smallest absolute Gasteiger partial charge is 0.146 e. The zero-order chi connectivity index (χ0) is 9.80. The van der Waals surface area contributed by atoms with Gasteiger partial charge in [-0.1, -0.05) is 25.7 Å². The number of hydrogen-bond acceptors (Lipinski definition) is 2. The summed E-state index contributed by atoms with van der Waals surface area (Å²) in [7, 11) is 0. The molecule has 2 rings (SSSR count). The lowest BCUT2D eigenvalue weighted by molar-refractivity contribution is -0.123. The number of carbonyl (C=O) groups excluding carboxylic acids is 1. The second kappa shape index (κ2) is 4.92. The maximum absolute atomic E-state index is 11.4. The van der Waals surface area contributed by atoms with Crippen molar-refractivity contribution in [2.75, 3.05) is 13.1 Å². The summed E-state index contributed by atoms with van der Waals surface area (Å²) in [4.78, 5) is 13.8. The summed E-state index contributed by atoms with van der Waals surface area (Å²) >= 11 is 0. The molecular weight excluding hydrogens is 174 g/mol. The highest BCUT2D eigenvalue weighted by molar-refractivity contribution is 5.81. The quantitative estimate of drug-likeness (QED) is 0.599. The van der Waals surface area contributed by atoms with Crippen molar-refractivity contribution >= 4 is 5.78 Å². The molecule has 1 heterocycles. The van der Waals surface area contributed by atoms with Gasteiger partial charge in [-0.3, -0.25) is 9.69 Å². The summed E-state index contributed by atoms with van der Waals surface area (Å²) in [5, 5.41) is 0. The van der Waals surface area contributed by atoms with E-state index in [0.29, 0.717) is 5.78 Å². The lowest BCUT2D eigenvalue weighted by atomic mass is 10.0. The van der Waals surface area contributed by atoms with Gasteiger partial charge in [0.05, 0.1) is 6.54 Å². The molecule has 2 nitrogen and oxygen atoms in total. The van der Waals surface area contributed by atoms with E-state index in [1.54, 1.807) is 0 Å². The van der Waals surface area contributed by atoms with Gasteiger partial charge in [0.15, 0.2) is 0 Å². The van der Waals surface area contributed by atoms with Crippen LogP contribution in [-0.4, -0.2) is 29.8 Å². The Morgan fingerprint density at radius 2 is 1.71 bits per heavy atom. The van der Waals surface area contributed by atoms with Crippen molar-refractivity contribution < 1.29 is 4.79 Å². The van der Waals surface area contributed by atoms with Gasteiger partial charge in [0.1, 0.15) is 5.78 Å². The maximum atomic E-state index is 11.4. The summed E-state index contributed by atoms with van der Waals surface area (Å²) < 4.78 is 0. The number of likely N-dealkylation sites (tertiary alicyclic amines) is 1. The Morgan fingerprint density at radius 1 is 1.00 bits per heavy atom. The predicted molar refractivity (Wildman–Crippen MR) is 57.3 cm³/mol. The molecule has 0 aromatic carbocycles. The number of piperidine rings is 1.